The van der Waals surface area contributed by atoms with Crippen LogP contribution >= 0.6 is 0 Å². The molecule has 0 radical (unpaired) electrons. The minimum Gasteiger partial charge on any atom is -0.487 e. The van der Waals surface area contributed by atoms with Crippen LogP contribution in [-0.4, -0.2) is 5.60 Å². The second-order valence-corrected chi connectivity index (χ2v) is 5.34. The molecule has 0 atom stereocenters. The van der Waals surface area contributed by atoms with Gasteiger partial charge in [-0.15, -0.1) is 0 Å². The van der Waals surface area contributed by atoms with E-state index >= 15 is 0 Å². The number of nitrogens with two attached hydrogens (primary N) is 1. The molecule has 94 valence electrons. The molecule has 0 aliphatic rings. The van der Waals surface area contributed by atoms with Crippen LogP contribution in [0.5, 0.6) is 5.75 Å². The van der Waals surface area contributed by atoms with Crippen molar-refractivity contribution in [2.75, 3.05) is 5.73 Å². The summed E-state index contributed by atoms with van der Waals surface area (Å²) in [6.07, 6.45) is 0. The Hall–Kier alpha value is -1.96. The van der Waals surface area contributed by atoms with Crippen molar-refractivity contribution < 1.29 is 4.74 Å². The fraction of sp³-hybridized carbons (Fsp3) is 0.250. The molecule has 2 aromatic carbocycles. The molecule has 0 aromatic heterocycles. The Kier molecular flexibility index (Phi) is 3.28. The van der Waals surface area contributed by atoms with Crippen LogP contribution in [-0.2, 0) is 0 Å². The molecule has 2 heteroatoms. The number of rotatable bonds is 2. The Morgan fingerprint density at radius 1 is 0.944 bits per heavy atom. The van der Waals surface area contributed by atoms with Crippen molar-refractivity contribution in [1.82, 2.24) is 0 Å². The van der Waals surface area contributed by atoms with E-state index in [-0.39, 0.29) is 5.60 Å². The summed E-state index contributed by atoms with van der Waals surface area (Å²) < 4.78 is 5.99. The number of hydrogen-bond acceptors (Lipinski definition) is 2. The number of anilines is 1. The molecule has 0 spiro atoms. The molecule has 0 bridgehead atoms. The van der Waals surface area contributed by atoms with E-state index in [1.807, 2.05) is 57.2 Å². The van der Waals surface area contributed by atoms with E-state index in [1.54, 1.807) is 0 Å². The third-order valence-electron chi connectivity index (χ3n) is 2.51. The summed E-state index contributed by atoms with van der Waals surface area (Å²) in [6.45, 7) is 6.10. The summed E-state index contributed by atoms with van der Waals surface area (Å²) in [5, 5.41) is 0. The molecule has 0 aliphatic carbocycles. The van der Waals surface area contributed by atoms with Crippen LogP contribution < -0.4 is 10.5 Å². The molecule has 0 saturated carbocycles. The summed E-state index contributed by atoms with van der Waals surface area (Å²) in [4.78, 5) is 0. The fourth-order valence-electron chi connectivity index (χ4n) is 1.81. The molecule has 0 fully saturated rings. The third-order valence-corrected chi connectivity index (χ3v) is 2.51. The van der Waals surface area contributed by atoms with Crippen molar-refractivity contribution in [3.8, 4) is 16.9 Å². The Bertz CT molecular complexity index is 527. The van der Waals surface area contributed by atoms with Gasteiger partial charge in [0.1, 0.15) is 11.4 Å². The number of nitrogen functional groups attached to an aromatic ring is 1. The van der Waals surface area contributed by atoms with Crippen LogP contribution in [0, 0.1) is 0 Å². The average molecular weight is 241 g/mol. The maximum absolute atomic E-state index is 5.99. The highest BCUT2D eigenvalue weighted by molar-refractivity contribution is 5.72. The maximum Gasteiger partial charge on any atom is 0.129 e. The first-order chi connectivity index (χ1) is 8.46. The number of ether oxygens (including phenoxy) is 1. The molecular formula is C16H19NO. The van der Waals surface area contributed by atoms with Gasteiger partial charge < -0.3 is 10.5 Å². The highest BCUT2D eigenvalue weighted by atomic mass is 16.5. The van der Waals surface area contributed by atoms with Gasteiger partial charge in [0.25, 0.3) is 0 Å². The summed E-state index contributed by atoms with van der Waals surface area (Å²) in [6, 6.07) is 16.0. The van der Waals surface area contributed by atoms with Crippen molar-refractivity contribution in [1.29, 1.82) is 0 Å². The number of hydrogen-bond donors (Lipinski definition) is 1. The lowest BCUT2D eigenvalue weighted by atomic mass is 10.0. The molecule has 0 amide bonds. The predicted molar refractivity (Wildman–Crippen MR) is 76.7 cm³/mol. The van der Waals surface area contributed by atoms with Gasteiger partial charge in [0.15, 0.2) is 0 Å². The summed E-state index contributed by atoms with van der Waals surface area (Å²) in [5.41, 5.74) is 8.53. The molecule has 2 aromatic rings. The van der Waals surface area contributed by atoms with E-state index in [1.165, 1.54) is 0 Å². The monoisotopic (exact) mass is 241 g/mol. The second kappa shape index (κ2) is 4.73. The van der Waals surface area contributed by atoms with E-state index in [0.29, 0.717) is 5.69 Å². The van der Waals surface area contributed by atoms with Gasteiger partial charge in [-0.2, -0.15) is 0 Å². The lowest BCUT2D eigenvalue weighted by Gasteiger charge is -2.23. The zero-order valence-electron chi connectivity index (χ0n) is 11.1. The first-order valence-corrected chi connectivity index (χ1v) is 6.10. The van der Waals surface area contributed by atoms with Gasteiger partial charge in [0, 0.05) is 17.3 Å². The highest BCUT2D eigenvalue weighted by Gasteiger charge is 2.15. The van der Waals surface area contributed by atoms with Crippen molar-refractivity contribution in [2.24, 2.45) is 0 Å². The molecule has 0 aliphatic heterocycles. The third kappa shape index (κ3) is 3.04. The van der Waals surface area contributed by atoms with Crippen LogP contribution in [0.2, 0.25) is 0 Å². The van der Waals surface area contributed by atoms with Crippen LogP contribution in [0.3, 0.4) is 0 Å². The van der Waals surface area contributed by atoms with Crippen LogP contribution in [0.25, 0.3) is 11.1 Å². The topological polar surface area (TPSA) is 35.2 Å². The van der Waals surface area contributed by atoms with Gasteiger partial charge in [0.2, 0.25) is 0 Å². The van der Waals surface area contributed by atoms with E-state index in [4.69, 9.17) is 10.5 Å². The SMILES string of the molecule is CC(C)(C)Oc1cc(N)ccc1-c1ccccc1. The van der Waals surface area contributed by atoms with Gasteiger partial charge in [-0.1, -0.05) is 30.3 Å². The second-order valence-electron chi connectivity index (χ2n) is 5.34. The van der Waals surface area contributed by atoms with Gasteiger partial charge in [-0.3, -0.25) is 0 Å². The molecular weight excluding hydrogens is 222 g/mol. The van der Waals surface area contributed by atoms with Crippen molar-refractivity contribution in [2.45, 2.75) is 26.4 Å². The minimum atomic E-state index is -0.239. The smallest absolute Gasteiger partial charge is 0.129 e. The highest BCUT2D eigenvalue weighted by Crippen LogP contribution is 2.33. The summed E-state index contributed by atoms with van der Waals surface area (Å²) in [7, 11) is 0. The first kappa shape index (κ1) is 12.5. The van der Waals surface area contributed by atoms with E-state index in [0.717, 1.165) is 16.9 Å². The van der Waals surface area contributed by atoms with Crippen molar-refractivity contribution in [3.05, 3.63) is 48.5 Å². The van der Waals surface area contributed by atoms with E-state index in [9.17, 15) is 0 Å². The van der Waals surface area contributed by atoms with Crippen LogP contribution in [0.1, 0.15) is 20.8 Å². The lowest BCUT2D eigenvalue weighted by molar-refractivity contribution is 0.132. The lowest BCUT2D eigenvalue weighted by Crippen LogP contribution is -2.23. The molecule has 2 N–H and O–H groups in total. The summed E-state index contributed by atoms with van der Waals surface area (Å²) >= 11 is 0. The van der Waals surface area contributed by atoms with Crippen LogP contribution in [0.15, 0.2) is 48.5 Å². The van der Waals surface area contributed by atoms with E-state index < -0.39 is 0 Å². The average Bonchev–Trinajstić information content (AvgIpc) is 2.28. The van der Waals surface area contributed by atoms with Gasteiger partial charge >= 0.3 is 0 Å². The predicted octanol–water partition coefficient (Wildman–Crippen LogP) is 4.11. The zero-order chi connectivity index (χ0) is 13.2. The van der Waals surface area contributed by atoms with E-state index in [2.05, 4.69) is 12.1 Å². The standard InChI is InChI=1S/C16H19NO/c1-16(2,3)18-15-11-13(17)9-10-14(15)12-7-5-4-6-8-12/h4-11H,17H2,1-3H3. The minimum absolute atomic E-state index is 0.239. The Morgan fingerprint density at radius 2 is 1.61 bits per heavy atom. The Labute approximate surface area is 108 Å². The van der Waals surface area contributed by atoms with Crippen LogP contribution in [0.4, 0.5) is 5.69 Å². The first-order valence-electron chi connectivity index (χ1n) is 6.10. The summed E-state index contributed by atoms with van der Waals surface area (Å²) in [5.74, 6) is 0.828. The fourth-order valence-corrected chi connectivity index (χ4v) is 1.81. The van der Waals surface area contributed by atoms with Gasteiger partial charge in [-0.05, 0) is 38.5 Å². The molecule has 2 rings (SSSR count). The molecule has 2 nitrogen and oxygen atoms in total. The zero-order valence-corrected chi connectivity index (χ0v) is 11.1. The molecule has 18 heavy (non-hydrogen) atoms. The van der Waals surface area contributed by atoms with Gasteiger partial charge in [-0.25, -0.2) is 0 Å². The van der Waals surface area contributed by atoms with Crippen molar-refractivity contribution in [3.63, 3.8) is 0 Å². The Morgan fingerprint density at radius 3 is 2.22 bits per heavy atom. The molecule has 0 saturated heterocycles. The molecule has 0 heterocycles. The Balaban J connectivity index is 2.47. The normalized spacial score (nSPS) is 11.3. The number of benzene rings is 2. The molecule has 0 unspecified atom stereocenters. The van der Waals surface area contributed by atoms with Gasteiger partial charge in [0.05, 0.1) is 0 Å². The maximum atomic E-state index is 5.99. The van der Waals surface area contributed by atoms with Crippen molar-refractivity contribution >= 4 is 5.69 Å². The quantitative estimate of drug-likeness (QED) is 0.803. The largest absolute Gasteiger partial charge is 0.487 e.